The second kappa shape index (κ2) is 4.63. The zero-order chi connectivity index (χ0) is 11.8. The van der Waals surface area contributed by atoms with Crippen LogP contribution in [0.1, 0.15) is 32.6 Å². The van der Waals surface area contributed by atoms with Crippen LogP contribution >= 0.6 is 0 Å². The summed E-state index contributed by atoms with van der Waals surface area (Å²) in [5.41, 5.74) is 0. The number of hydrogen-bond donors (Lipinski definition) is 1. The zero-order valence-electron chi connectivity index (χ0n) is 10.1. The molecule has 1 saturated heterocycles. The molecule has 2 rings (SSSR count). The molecule has 4 nitrogen and oxygen atoms in total. The fourth-order valence-electron chi connectivity index (χ4n) is 2.44. The fraction of sp³-hybridized carbons (Fsp3) is 1.00. The Morgan fingerprint density at radius 3 is 2.19 bits per heavy atom. The molecule has 0 spiro atoms. The van der Waals surface area contributed by atoms with Crippen LogP contribution in [0.25, 0.3) is 0 Å². The summed E-state index contributed by atoms with van der Waals surface area (Å²) in [7, 11) is -0.962. The lowest BCUT2D eigenvalue weighted by molar-refractivity contribution is 0.236. The van der Waals surface area contributed by atoms with Gasteiger partial charge in [-0.2, -0.15) is 0 Å². The monoisotopic (exact) mass is 246 g/mol. The fourth-order valence-corrected chi connectivity index (χ4v) is 4.32. The smallest absolute Gasteiger partial charge is 0.216 e. The van der Waals surface area contributed by atoms with Crippen LogP contribution in [-0.4, -0.2) is 44.2 Å². The summed E-state index contributed by atoms with van der Waals surface area (Å²) in [5.74, 6) is 0.621. The molecule has 1 unspecified atom stereocenters. The van der Waals surface area contributed by atoms with E-state index in [1.54, 1.807) is 4.31 Å². The molecule has 0 aromatic carbocycles. The molecule has 0 amide bonds. The molecule has 0 radical (unpaired) electrons. The maximum atomic E-state index is 12.0. The van der Waals surface area contributed by atoms with Crippen molar-refractivity contribution in [2.45, 2.75) is 43.9 Å². The minimum atomic E-state index is -2.93. The number of rotatable bonds is 4. The Morgan fingerprint density at radius 2 is 1.75 bits per heavy atom. The third-order valence-corrected chi connectivity index (χ3v) is 6.37. The van der Waals surface area contributed by atoms with Crippen LogP contribution in [0.5, 0.6) is 0 Å². The molecule has 1 saturated carbocycles. The highest BCUT2D eigenvalue weighted by atomic mass is 32.2. The molecular weight excluding hydrogens is 224 g/mol. The maximum absolute atomic E-state index is 12.0. The van der Waals surface area contributed by atoms with E-state index in [4.69, 9.17) is 0 Å². The molecule has 2 aliphatic rings. The summed E-state index contributed by atoms with van der Waals surface area (Å²) >= 11 is 0. The Morgan fingerprint density at radius 1 is 1.19 bits per heavy atom. The van der Waals surface area contributed by atoms with E-state index < -0.39 is 10.0 Å². The molecular formula is C11H22N2O2S. The second-order valence-electron chi connectivity index (χ2n) is 5.06. The van der Waals surface area contributed by atoms with E-state index in [2.05, 4.69) is 12.2 Å². The molecule has 1 atom stereocenters. The maximum Gasteiger partial charge on any atom is 0.216 e. The summed E-state index contributed by atoms with van der Waals surface area (Å²) < 4.78 is 25.7. The van der Waals surface area contributed by atoms with Gasteiger partial charge in [-0.3, -0.25) is 0 Å². The summed E-state index contributed by atoms with van der Waals surface area (Å²) in [6.45, 7) is 3.61. The topological polar surface area (TPSA) is 49.4 Å². The largest absolute Gasteiger partial charge is 0.317 e. The highest BCUT2D eigenvalue weighted by Crippen LogP contribution is 2.33. The molecule has 94 valence electrons. The van der Waals surface area contributed by atoms with E-state index in [0.717, 1.165) is 38.8 Å². The van der Waals surface area contributed by atoms with Crippen molar-refractivity contribution in [2.75, 3.05) is 20.1 Å². The second-order valence-corrected chi connectivity index (χ2v) is 7.27. The lowest BCUT2D eigenvalue weighted by Crippen LogP contribution is -2.44. The Bertz CT molecular complexity index is 330. The molecule has 0 bridgehead atoms. The minimum Gasteiger partial charge on any atom is -0.317 e. The van der Waals surface area contributed by atoms with Gasteiger partial charge in [0, 0.05) is 19.1 Å². The summed E-state index contributed by atoms with van der Waals surface area (Å²) in [4.78, 5) is 0. The van der Waals surface area contributed by atoms with Gasteiger partial charge in [0.2, 0.25) is 10.0 Å². The Hall–Kier alpha value is -0.130. The highest BCUT2D eigenvalue weighted by molar-refractivity contribution is 7.90. The SMILES string of the molecule is CNC(C)C1CCN(S(=O)(=O)C2CC2)CC1. The third kappa shape index (κ3) is 2.41. The first kappa shape index (κ1) is 12.3. The Labute approximate surface area is 98.4 Å². The molecule has 5 heteroatoms. The molecule has 2 fully saturated rings. The molecule has 1 aliphatic heterocycles. The quantitative estimate of drug-likeness (QED) is 0.798. The van der Waals surface area contributed by atoms with Crippen LogP contribution in [0.2, 0.25) is 0 Å². The Balaban J connectivity index is 1.90. The van der Waals surface area contributed by atoms with Gasteiger partial charge >= 0.3 is 0 Å². The van der Waals surface area contributed by atoms with Crippen LogP contribution in [0.15, 0.2) is 0 Å². The van der Waals surface area contributed by atoms with E-state index in [-0.39, 0.29) is 5.25 Å². The van der Waals surface area contributed by atoms with Gasteiger partial charge in [0.15, 0.2) is 0 Å². The van der Waals surface area contributed by atoms with Crippen molar-refractivity contribution in [3.63, 3.8) is 0 Å². The van der Waals surface area contributed by atoms with E-state index in [1.807, 2.05) is 7.05 Å². The van der Waals surface area contributed by atoms with Crippen LogP contribution in [0, 0.1) is 5.92 Å². The lowest BCUT2D eigenvalue weighted by Gasteiger charge is -2.34. The number of sulfonamides is 1. The van der Waals surface area contributed by atoms with Gasteiger partial charge < -0.3 is 5.32 Å². The number of piperidine rings is 1. The summed E-state index contributed by atoms with van der Waals surface area (Å²) in [5, 5.41) is 3.21. The van der Waals surface area contributed by atoms with Gasteiger partial charge in [-0.05, 0) is 45.6 Å². The third-order valence-electron chi connectivity index (χ3n) is 3.97. The number of nitrogens with zero attached hydrogens (tertiary/aromatic N) is 1. The average molecular weight is 246 g/mol. The molecule has 16 heavy (non-hydrogen) atoms. The van der Waals surface area contributed by atoms with Crippen LogP contribution in [0.4, 0.5) is 0 Å². The van der Waals surface area contributed by atoms with Gasteiger partial charge in [0.1, 0.15) is 0 Å². The zero-order valence-corrected chi connectivity index (χ0v) is 11.0. The predicted molar refractivity (Wildman–Crippen MR) is 64.8 cm³/mol. The molecule has 1 aliphatic carbocycles. The number of hydrogen-bond acceptors (Lipinski definition) is 3. The van der Waals surface area contributed by atoms with Crippen molar-refractivity contribution in [1.82, 2.24) is 9.62 Å². The normalized spacial score (nSPS) is 26.9. The average Bonchev–Trinajstić information content (AvgIpc) is 3.12. The van der Waals surface area contributed by atoms with E-state index in [1.165, 1.54) is 0 Å². The van der Waals surface area contributed by atoms with Crippen molar-refractivity contribution in [2.24, 2.45) is 5.92 Å². The molecule has 0 aromatic heterocycles. The minimum absolute atomic E-state index is 0.0502. The predicted octanol–water partition coefficient (Wildman–Crippen LogP) is 0.798. The lowest BCUT2D eigenvalue weighted by atomic mass is 9.91. The van der Waals surface area contributed by atoms with Crippen molar-refractivity contribution >= 4 is 10.0 Å². The van der Waals surface area contributed by atoms with E-state index >= 15 is 0 Å². The van der Waals surface area contributed by atoms with Gasteiger partial charge in [0.25, 0.3) is 0 Å². The van der Waals surface area contributed by atoms with E-state index in [0.29, 0.717) is 12.0 Å². The summed E-state index contributed by atoms with van der Waals surface area (Å²) in [6.07, 6.45) is 3.73. The molecule has 0 aromatic rings. The highest BCUT2D eigenvalue weighted by Gasteiger charge is 2.41. The van der Waals surface area contributed by atoms with Crippen molar-refractivity contribution in [3.8, 4) is 0 Å². The molecule has 1 heterocycles. The van der Waals surface area contributed by atoms with Gasteiger partial charge in [-0.15, -0.1) is 0 Å². The first-order valence-electron chi connectivity index (χ1n) is 6.22. The first-order valence-corrected chi connectivity index (χ1v) is 7.72. The van der Waals surface area contributed by atoms with Crippen LogP contribution in [0.3, 0.4) is 0 Å². The van der Waals surface area contributed by atoms with Crippen molar-refractivity contribution in [1.29, 1.82) is 0 Å². The summed E-state index contributed by atoms with van der Waals surface area (Å²) in [6, 6.07) is 0.491. The van der Waals surface area contributed by atoms with Crippen LogP contribution in [-0.2, 0) is 10.0 Å². The van der Waals surface area contributed by atoms with Crippen molar-refractivity contribution < 1.29 is 8.42 Å². The van der Waals surface area contributed by atoms with Crippen molar-refractivity contribution in [3.05, 3.63) is 0 Å². The van der Waals surface area contributed by atoms with E-state index in [9.17, 15) is 8.42 Å². The van der Waals surface area contributed by atoms with Crippen LogP contribution < -0.4 is 5.32 Å². The van der Waals surface area contributed by atoms with Gasteiger partial charge in [-0.25, -0.2) is 12.7 Å². The van der Waals surface area contributed by atoms with Gasteiger partial charge in [-0.1, -0.05) is 0 Å². The Kier molecular flexibility index (Phi) is 3.56. The number of nitrogens with one attached hydrogen (secondary N) is 1. The van der Waals surface area contributed by atoms with Gasteiger partial charge in [0.05, 0.1) is 5.25 Å². The standard InChI is InChI=1S/C11H22N2O2S/c1-9(12-2)10-5-7-13(8-6-10)16(14,15)11-3-4-11/h9-12H,3-8H2,1-2H3. The first-order chi connectivity index (χ1) is 7.55. The molecule has 1 N–H and O–H groups in total.